The number of primary amides is 1. The van der Waals surface area contributed by atoms with Crippen molar-refractivity contribution in [2.45, 2.75) is 6.10 Å². The number of nitrogens with one attached hydrogen (secondary N) is 1. The van der Waals surface area contributed by atoms with E-state index in [-0.39, 0.29) is 6.10 Å². The summed E-state index contributed by atoms with van der Waals surface area (Å²) in [5, 5.41) is 11.4. The molecule has 2 heterocycles. The lowest BCUT2D eigenvalue weighted by Gasteiger charge is -2.35. The molecule has 1 aromatic rings. The molecule has 2 amide bonds. The van der Waals surface area contributed by atoms with Gasteiger partial charge in [0.1, 0.15) is 0 Å². The number of urea groups is 1. The van der Waals surface area contributed by atoms with Crippen LogP contribution >= 0.6 is 0 Å². The molecule has 7 heteroatoms. The van der Waals surface area contributed by atoms with Crippen LogP contribution in [0.25, 0.3) is 0 Å². The molecule has 15 heavy (non-hydrogen) atoms. The average molecular weight is 209 g/mol. The number of anilines is 2. The average Bonchev–Trinajstić information content (AvgIpc) is 2.14. The third-order valence-corrected chi connectivity index (χ3v) is 2.05. The lowest BCUT2D eigenvalue weighted by Crippen LogP contribution is -2.51. The molecule has 1 fully saturated rings. The maximum Gasteiger partial charge on any atom is 0.316 e. The minimum absolute atomic E-state index is 0.294. The lowest BCUT2D eigenvalue weighted by molar-refractivity contribution is 0.140. The van der Waals surface area contributed by atoms with Crippen LogP contribution in [0.3, 0.4) is 0 Å². The Bertz CT molecular complexity index is 360. The minimum Gasteiger partial charge on any atom is -0.389 e. The Balaban J connectivity index is 2.01. The third-order valence-electron chi connectivity index (χ3n) is 2.05. The Morgan fingerprint density at radius 1 is 1.53 bits per heavy atom. The fraction of sp³-hybridized carbons (Fsp3) is 0.375. The number of rotatable bonds is 2. The van der Waals surface area contributed by atoms with Gasteiger partial charge in [-0.15, -0.1) is 0 Å². The molecule has 0 bridgehead atoms. The van der Waals surface area contributed by atoms with Crippen LogP contribution in [-0.4, -0.2) is 40.3 Å². The topological polar surface area (TPSA) is 104 Å². The second-order valence-electron chi connectivity index (χ2n) is 3.32. The number of nitrogens with two attached hydrogens (primary N) is 1. The Labute approximate surface area is 85.9 Å². The Morgan fingerprint density at radius 3 is 2.60 bits per heavy atom. The van der Waals surface area contributed by atoms with Gasteiger partial charge >= 0.3 is 6.03 Å². The molecule has 0 aromatic carbocycles. The maximum absolute atomic E-state index is 10.5. The molecule has 1 saturated heterocycles. The number of nitrogens with zero attached hydrogens (tertiary/aromatic N) is 3. The molecule has 0 saturated carbocycles. The lowest BCUT2D eigenvalue weighted by atomic mass is 10.2. The van der Waals surface area contributed by atoms with Gasteiger partial charge in [-0.2, -0.15) is 0 Å². The summed E-state index contributed by atoms with van der Waals surface area (Å²) in [6.07, 6.45) is 2.65. The highest BCUT2D eigenvalue weighted by molar-refractivity contribution is 5.87. The van der Waals surface area contributed by atoms with Gasteiger partial charge in [-0.3, -0.25) is 0 Å². The van der Waals surface area contributed by atoms with Crippen LogP contribution in [0.5, 0.6) is 0 Å². The van der Waals surface area contributed by atoms with Crippen molar-refractivity contribution >= 4 is 17.7 Å². The van der Waals surface area contributed by atoms with Gasteiger partial charge in [0.2, 0.25) is 5.95 Å². The van der Waals surface area contributed by atoms with Crippen LogP contribution in [0.15, 0.2) is 12.4 Å². The van der Waals surface area contributed by atoms with Crippen molar-refractivity contribution in [3.63, 3.8) is 0 Å². The van der Waals surface area contributed by atoms with E-state index in [1.807, 2.05) is 4.90 Å². The van der Waals surface area contributed by atoms with E-state index in [0.29, 0.717) is 24.7 Å². The minimum atomic E-state index is -0.647. The fourth-order valence-corrected chi connectivity index (χ4v) is 1.31. The van der Waals surface area contributed by atoms with E-state index in [2.05, 4.69) is 15.3 Å². The summed E-state index contributed by atoms with van der Waals surface area (Å²) in [4.78, 5) is 20.4. The molecule has 0 atom stereocenters. The van der Waals surface area contributed by atoms with Crippen LogP contribution in [-0.2, 0) is 0 Å². The van der Waals surface area contributed by atoms with Crippen molar-refractivity contribution in [1.29, 1.82) is 0 Å². The van der Waals surface area contributed by atoms with E-state index >= 15 is 0 Å². The number of aliphatic hydroxyl groups excluding tert-OH is 1. The molecule has 0 radical (unpaired) electrons. The van der Waals surface area contributed by atoms with E-state index < -0.39 is 6.03 Å². The summed E-state index contributed by atoms with van der Waals surface area (Å²) in [5.41, 5.74) is 5.38. The number of β-amino-alcohol motifs (C(OH)–C–C–N with tert-alkyl or cyclic N) is 1. The van der Waals surface area contributed by atoms with E-state index in [4.69, 9.17) is 10.8 Å². The van der Waals surface area contributed by atoms with Crippen LogP contribution in [0, 0.1) is 0 Å². The van der Waals surface area contributed by atoms with Crippen molar-refractivity contribution in [2.75, 3.05) is 23.3 Å². The highest BCUT2D eigenvalue weighted by Gasteiger charge is 2.26. The van der Waals surface area contributed by atoms with Crippen LogP contribution in [0.1, 0.15) is 0 Å². The molecule has 1 aliphatic rings. The number of hydrogen-bond donors (Lipinski definition) is 3. The predicted molar refractivity (Wildman–Crippen MR) is 53.5 cm³/mol. The predicted octanol–water partition coefficient (Wildman–Crippen LogP) is -0.852. The molecule has 80 valence electrons. The van der Waals surface area contributed by atoms with E-state index in [0.717, 1.165) is 0 Å². The van der Waals surface area contributed by atoms with Crippen LogP contribution in [0.2, 0.25) is 0 Å². The summed E-state index contributed by atoms with van der Waals surface area (Å²) in [6.45, 7) is 1.09. The Morgan fingerprint density at radius 2 is 2.13 bits per heavy atom. The van der Waals surface area contributed by atoms with Crippen LogP contribution < -0.4 is 16.0 Å². The van der Waals surface area contributed by atoms with Crippen molar-refractivity contribution in [1.82, 2.24) is 9.97 Å². The standard InChI is InChI=1S/C8H11N5O2/c9-7(15)12-5-1-10-8(11-2-5)13-3-6(14)4-13/h1-2,6,14H,3-4H2,(H3,9,12,15). The molecule has 7 nitrogen and oxygen atoms in total. The van der Waals surface area contributed by atoms with Crippen molar-refractivity contribution in [2.24, 2.45) is 5.73 Å². The monoisotopic (exact) mass is 209 g/mol. The molecule has 1 aromatic heterocycles. The van der Waals surface area contributed by atoms with Gasteiger partial charge in [0.15, 0.2) is 0 Å². The van der Waals surface area contributed by atoms with Gasteiger partial charge in [-0.25, -0.2) is 14.8 Å². The first-order valence-electron chi connectivity index (χ1n) is 4.46. The summed E-state index contributed by atoms with van der Waals surface area (Å²) in [6, 6.07) is -0.647. The number of amides is 2. The molecule has 0 spiro atoms. The third kappa shape index (κ3) is 2.13. The number of carbonyl (C=O) groups excluding carboxylic acids is 1. The molecule has 0 aliphatic carbocycles. The maximum atomic E-state index is 10.5. The summed E-state index contributed by atoms with van der Waals surface area (Å²) in [7, 11) is 0. The summed E-state index contributed by atoms with van der Waals surface area (Å²) >= 11 is 0. The SMILES string of the molecule is NC(=O)Nc1cnc(N2CC(O)C2)nc1. The quantitative estimate of drug-likeness (QED) is 0.588. The van der Waals surface area contributed by atoms with Gasteiger partial charge in [0.25, 0.3) is 0 Å². The van der Waals surface area contributed by atoms with Crippen LogP contribution in [0.4, 0.5) is 16.4 Å². The first-order chi connectivity index (χ1) is 7.15. The Hall–Kier alpha value is -1.89. The largest absolute Gasteiger partial charge is 0.389 e. The molecule has 4 N–H and O–H groups in total. The molecule has 1 aliphatic heterocycles. The van der Waals surface area contributed by atoms with E-state index in [9.17, 15) is 4.79 Å². The van der Waals surface area contributed by atoms with Crippen molar-refractivity contribution in [3.05, 3.63) is 12.4 Å². The zero-order valence-electron chi connectivity index (χ0n) is 7.92. The van der Waals surface area contributed by atoms with Gasteiger partial charge in [-0.1, -0.05) is 0 Å². The fourth-order valence-electron chi connectivity index (χ4n) is 1.31. The van der Waals surface area contributed by atoms with E-state index in [1.54, 1.807) is 0 Å². The second-order valence-corrected chi connectivity index (χ2v) is 3.32. The zero-order valence-corrected chi connectivity index (χ0v) is 7.92. The van der Waals surface area contributed by atoms with Crippen molar-refractivity contribution in [3.8, 4) is 0 Å². The zero-order chi connectivity index (χ0) is 10.8. The second kappa shape index (κ2) is 3.70. The molecular formula is C8H11N5O2. The van der Waals surface area contributed by atoms with Gasteiger partial charge in [0.05, 0.1) is 24.2 Å². The first kappa shape index (κ1) is 9.66. The molecule has 0 unspecified atom stereocenters. The number of aliphatic hydroxyl groups is 1. The first-order valence-corrected chi connectivity index (χ1v) is 4.46. The van der Waals surface area contributed by atoms with Crippen molar-refractivity contribution < 1.29 is 9.90 Å². The molecule has 2 rings (SSSR count). The van der Waals surface area contributed by atoms with Gasteiger partial charge in [-0.05, 0) is 0 Å². The highest BCUT2D eigenvalue weighted by atomic mass is 16.3. The highest BCUT2D eigenvalue weighted by Crippen LogP contribution is 2.16. The summed E-state index contributed by atoms with van der Waals surface area (Å²) in [5.74, 6) is 0.537. The number of carbonyl (C=O) groups is 1. The normalized spacial score (nSPS) is 15.9. The summed E-state index contributed by atoms with van der Waals surface area (Å²) < 4.78 is 0. The number of aromatic nitrogens is 2. The van der Waals surface area contributed by atoms with E-state index in [1.165, 1.54) is 12.4 Å². The smallest absolute Gasteiger partial charge is 0.316 e. The molecular weight excluding hydrogens is 198 g/mol. The van der Waals surface area contributed by atoms with Gasteiger partial charge in [0, 0.05) is 13.1 Å². The van der Waals surface area contributed by atoms with Gasteiger partial charge < -0.3 is 21.1 Å². The Kier molecular flexibility index (Phi) is 2.38. The number of hydrogen-bond acceptors (Lipinski definition) is 5.